The zero-order chi connectivity index (χ0) is 16.2. The van der Waals surface area contributed by atoms with Crippen LogP contribution in [0.2, 0.25) is 0 Å². The van der Waals surface area contributed by atoms with E-state index in [1.54, 1.807) is 5.38 Å². The van der Waals surface area contributed by atoms with Crippen LogP contribution in [-0.2, 0) is 11.8 Å². The minimum Gasteiger partial charge on any atom is -0.350 e. The fraction of sp³-hybridized carbons (Fsp3) is 0.412. The van der Waals surface area contributed by atoms with Crippen molar-refractivity contribution >= 4 is 29.7 Å². The molecule has 0 bridgehead atoms. The molecule has 0 spiro atoms. The van der Waals surface area contributed by atoms with E-state index in [-0.39, 0.29) is 23.7 Å². The maximum Gasteiger partial charge on any atom is 0.270 e. The average molecular weight is 354 g/mol. The van der Waals surface area contributed by atoms with E-state index in [4.69, 9.17) is 5.73 Å². The fourth-order valence-electron chi connectivity index (χ4n) is 2.15. The van der Waals surface area contributed by atoms with Crippen molar-refractivity contribution in [3.05, 3.63) is 51.5 Å². The number of nitrogens with zero attached hydrogens (tertiary/aromatic N) is 1. The molecule has 1 heterocycles. The highest BCUT2D eigenvalue weighted by Gasteiger charge is 2.22. The van der Waals surface area contributed by atoms with Gasteiger partial charge in [0, 0.05) is 23.8 Å². The van der Waals surface area contributed by atoms with Gasteiger partial charge in [-0.2, -0.15) is 0 Å². The lowest BCUT2D eigenvalue weighted by Crippen LogP contribution is -2.36. The molecule has 2 aromatic rings. The van der Waals surface area contributed by atoms with Crippen molar-refractivity contribution in [2.45, 2.75) is 32.6 Å². The molecule has 0 atom stereocenters. The largest absolute Gasteiger partial charge is 0.350 e. The summed E-state index contributed by atoms with van der Waals surface area (Å²) < 4.78 is 0. The number of halogens is 1. The third kappa shape index (κ3) is 5.30. The van der Waals surface area contributed by atoms with Gasteiger partial charge in [0.15, 0.2) is 0 Å². The molecule has 0 saturated heterocycles. The highest BCUT2D eigenvalue weighted by molar-refractivity contribution is 7.09. The second-order valence-electron chi connectivity index (χ2n) is 6.10. The molecule has 2 rings (SSSR count). The van der Waals surface area contributed by atoms with Gasteiger partial charge < -0.3 is 11.1 Å². The predicted molar refractivity (Wildman–Crippen MR) is 98.7 cm³/mol. The Morgan fingerprint density at radius 2 is 1.96 bits per heavy atom. The van der Waals surface area contributed by atoms with Gasteiger partial charge in [-0.15, -0.1) is 23.7 Å². The molecule has 23 heavy (non-hydrogen) atoms. The first kappa shape index (κ1) is 19.6. The number of aryl methyl sites for hydroxylation is 1. The van der Waals surface area contributed by atoms with Crippen LogP contribution in [0.25, 0.3) is 0 Å². The molecular formula is C17H24ClN3OS. The van der Waals surface area contributed by atoms with Crippen LogP contribution in [0.3, 0.4) is 0 Å². The van der Waals surface area contributed by atoms with Crippen molar-refractivity contribution in [1.29, 1.82) is 0 Å². The number of carbonyl (C=O) groups excluding carboxylic acids is 1. The molecule has 4 nitrogen and oxygen atoms in total. The first-order valence-corrected chi connectivity index (χ1v) is 8.30. The van der Waals surface area contributed by atoms with Gasteiger partial charge in [-0.05, 0) is 19.0 Å². The van der Waals surface area contributed by atoms with Gasteiger partial charge in [-0.1, -0.05) is 43.7 Å². The highest BCUT2D eigenvalue weighted by Crippen LogP contribution is 2.22. The molecule has 126 valence electrons. The van der Waals surface area contributed by atoms with E-state index in [9.17, 15) is 4.79 Å². The monoisotopic (exact) mass is 353 g/mol. The molecule has 6 heteroatoms. The van der Waals surface area contributed by atoms with Crippen LogP contribution in [-0.4, -0.2) is 24.0 Å². The number of benzene rings is 1. The summed E-state index contributed by atoms with van der Waals surface area (Å²) in [5, 5.41) is 5.68. The summed E-state index contributed by atoms with van der Waals surface area (Å²) in [7, 11) is 0. The summed E-state index contributed by atoms with van der Waals surface area (Å²) in [6.07, 6.45) is 0.715. The van der Waals surface area contributed by atoms with Crippen molar-refractivity contribution < 1.29 is 4.79 Å². The van der Waals surface area contributed by atoms with Crippen molar-refractivity contribution in [2.75, 3.05) is 13.1 Å². The minimum atomic E-state index is -0.126. The van der Waals surface area contributed by atoms with E-state index >= 15 is 0 Å². The number of thiazole rings is 1. The van der Waals surface area contributed by atoms with Crippen LogP contribution >= 0.6 is 23.7 Å². The molecule has 0 aliphatic heterocycles. The molecule has 3 N–H and O–H groups in total. The standard InChI is InChI=1S/C17H23N3OS.ClH/c1-12-4-6-13(7-5-12)17(2,3)11-19-16(21)14-10-22-15(20-14)8-9-18;/h4-7,10H,8-9,11,18H2,1-3H3,(H,19,21);1H. The van der Waals surface area contributed by atoms with Crippen LogP contribution in [0, 0.1) is 6.92 Å². The number of rotatable bonds is 6. The lowest BCUT2D eigenvalue weighted by atomic mass is 9.84. The Balaban J connectivity index is 0.00000264. The molecule has 1 amide bonds. The maximum atomic E-state index is 12.2. The highest BCUT2D eigenvalue weighted by atomic mass is 35.5. The number of hydrogen-bond acceptors (Lipinski definition) is 4. The molecule has 1 aromatic carbocycles. The number of carbonyl (C=O) groups is 1. The Labute approximate surface area is 147 Å². The van der Waals surface area contributed by atoms with E-state index in [1.807, 2.05) is 0 Å². The topological polar surface area (TPSA) is 68.0 Å². The van der Waals surface area contributed by atoms with Crippen LogP contribution in [0.15, 0.2) is 29.6 Å². The molecule has 1 aromatic heterocycles. The predicted octanol–water partition coefficient (Wildman–Crippen LogP) is 3.08. The van der Waals surface area contributed by atoms with Crippen molar-refractivity contribution in [2.24, 2.45) is 5.73 Å². The summed E-state index contributed by atoms with van der Waals surface area (Å²) in [4.78, 5) is 16.5. The Morgan fingerprint density at radius 3 is 2.57 bits per heavy atom. The zero-order valence-electron chi connectivity index (χ0n) is 13.8. The quantitative estimate of drug-likeness (QED) is 0.838. The normalized spacial score (nSPS) is 11.0. The summed E-state index contributed by atoms with van der Waals surface area (Å²) in [5.41, 5.74) is 8.30. The molecule has 0 fully saturated rings. The molecule has 0 saturated carbocycles. The van der Waals surface area contributed by atoms with E-state index < -0.39 is 0 Å². The molecule has 0 unspecified atom stereocenters. The number of aromatic nitrogens is 1. The molecule has 0 aliphatic rings. The second kappa shape index (κ2) is 8.43. The number of amides is 1. The molecule has 0 aliphatic carbocycles. The first-order chi connectivity index (χ1) is 10.4. The van der Waals surface area contributed by atoms with Crippen LogP contribution in [0.4, 0.5) is 0 Å². The van der Waals surface area contributed by atoms with Gasteiger partial charge in [-0.3, -0.25) is 4.79 Å². The Hall–Kier alpha value is -1.43. The zero-order valence-corrected chi connectivity index (χ0v) is 15.4. The number of hydrogen-bond donors (Lipinski definition) is 2. The molecule has 0 radical (unpaired) electrons. The smallest absolute Gasteiger partial charge is 0.270 e. The lowest BCUT2D eigenvalue weighted by Gasteiger charge is -2.25. The van der Waals surface area contributed by atoms with E-state index in [0.717, 1.165) is 5.01 Å². The fourth-order valence-corrected chi connectivity index (χ4v) is 2.95. The van der Waals surface area contributed by atoms with E-state index in [1.165, 1.54) is 22.5 Å². The van der Waals surface area contributed by atoms with Gasteiger partial charge in [0.2, 0.25) is 0 Å². The van der Waals surface area contributed by atoms with Gasteiger partial charge in [0.1, 0.15) is 5.69 Å². The van der Waals surface area contributed by atoms with Gasteiger partial charge in [-0.25, -0.2) is 4.98 Å². The average Bonchev–Trinajstić information content (AvgIpc) is 2.94. The van der Waals surface area contributed by atoms with Crippen molar-refractivity contribution in [3.63, 3.8) is 0 Å². The SMILES string of the molecule is Cc1ccc(C(C)(C)CNC(=O)c2csc(CCN)n2)cc1.Cl. The second-order valence-corrected chi connectivity index (χ2v) is 7.04. The Morgan fingerprint density at radius 1 is 1.30 bits per heavy atom. The summed E-state index contributed by atoms with van der Waals surface area (Å²) in [5.74, 6) is -0.125. The van der Waals surface area contributed by atoms with E-state index in [2.05, 4.69) is 55.3 Å². The summed E-state index contributed by atoms with van der Waals surface area (Å²) >= 11 is 1.48. The van der Waals surface area contributed by atoms with Crippen LogP contribution in [0.5, 0.6) is 0 Å². The van der Waals surface area contributed by atoms with Crippen molar-refractivity contribution in [1.82, 2.24) is 10.3 Å². The van der Waals surface area contributed by atoms with Gasteiger partial charge >= 0.3 is 0 Å². The lowest BCUT2D eigenvalue weighted by molar-refractivity contribution is 0.0941. The van der Waals surface area contributed by atoms with Crippen LogP contribution < -0.4 is 11.1 Å². The summed E-state index contributed by atoms with van der Waals surface area (Å²) in [6.45, 7) is 7.44. The molecular weight excluding hydrogens is 330 g/mol. The van der Waals surface area contributed by atoms with E-state index in [0.29, 0.717) is 25.2 Å². The Kier molecular flexibility index (Phi) is 7.19. The van der Waals surface area contributed by atoms with Gasteiger partial charge in [0.05, 0.1) is 5.01 Å². The van der Waals surface area contributed by atoms with Crippen LogP contribution in [0.1, 0.15) is 40.5 Å². The third-order valence-corrected chi connectivity index (χ3v) is 4.58. The minimum absolute atomic E-state index is 0. The maximum absolute atomic E-state index is 12.2. The Bertz CT molecular complexity index is 638. The number of nitrogens with one attached hydrogen (secondary N) is 1. The third-order valence-electron chi connectivity index (χ3n) is 3.67. The summed E-state index contributed by atoms with van der Waals surface area (Å²) in [6, 6.07) is 8.42. The number of nitrogens with two attached hydrogens (primary N) is 1. The van der Waals surface area contributed by atoms with Gasteiger partial charge in [0.25, 0.3) is 5.91 Å². The van der Waals surface area contributed by atoms with Crippen molar-refractivity contribution in [3.8, 4) is 0 Å². The first-order valence-electron chi connectivity index (χ1n) is 7.42.